The SMILES string of the molecule is OCc1ccc(I)c(Br)c1C(F)(F)F. The van der Waals surface area contributed by atoms with Gasteiger partial charge in [-0.3, -0.25) is 0 Å². The summed E-state index contributed by atoms with van der Waals surface area (Å²) >= 11 is 4.66. The fourth-order valence-electron chi connectivity index (χ4n) is 1.03. The van der Waals surface area contributed by atoms with E-state index in [4.69, 9.17) is 5.11 Å². The van der Waals surface area contributed by atoms with E-state index in [9.17, 15) is 13.2 Å². The maximum absolute atomic E-state index is 12.5. The van der Waals surface area contributed by atoms with Crippen LogP contribution >= 0.6 is 38.5 Å². The molecule has 0 aliphatic heterocycles. The van der Waals surface area contributed by atoms with Crippen LogP contribution in [0.25, 0.3) is 0 Å². The number of rotatable bonds is 1. The third-order valence-electron chi connectivity index (χ3n) is 1.63. The first-order valence-electron chi connectivity index (χ1n) is 3.53. The molecule has 0 saturated heterocycles. The molecule has 14 heavy (non-hydrogen) atoms. The summed E-state index contributed by atoms with van der Waals surface area (Å²) in [5.41, 5.74) is -0.920. The molecule has 0 amide bonds. The molecule has 0 radical (unpaired) electrons. The lowest BCUT2D eigenvalue weighted by atomic mass is 10.1. The van der Waals surface area contributed by atoms with Crippen molar-refractivity contribution in [1.29, 1.82) is 0 Å². The molecule has 0 spiro atoms. The van der Waals surface area contributed by atoms with E-state index in [1.54, 1.807) is 22.6 Å². The summed E-state index contributed by atoms with van der Waals surface area (Å²) in [7, 11) is 0. The fourth-order valence-corrected chi connectivity index (χ4v) is 2.09. The second-order valence-corrected chi connectivity index (χ2v) is 4.51. The highest BCUT2D eigenvalue weighted by Crippen LogP contribution is 2.39. The van der Waals surface area contributed by atoms with Gasteiger partial charge in [0.2, 0.25) is 0 Å². The quantitative estimate of drug-likeness (QED) is 0.738. The average Bonchev–Trinajstić information content (AvgIpc) is 2.07. The third-order valence-corrected chi connectivity index (χ3v) is 4.10. The van der Waals surface area contributed by atoms with Crippen LogP contribution in [0.1, 0.15) is 11.1 Å². The lowest BCUT2D eigenvalue weighted by Gasteiger charge is -2.14. The maximum atomic E-state index is 12.5. The summed E-state index contributed by atoms with van der Waals surface area (Å²) in [6.45, 7) is -0.621. The number of aliphatic hydroxyl groups is 1. The van der Waals surface area contributed by atoms with Gasteiger partial charge >= 0.3 is 6.18 Å². The number of aliphatic hydroxyl groups excluding tert-OH is 1. The predicted octanol–water partition coefficient (Wildman–Crippen LogP) is 3.56. The summed E-state index contributed by atoms with van der Waals surface area (Å²) in [5.74, 6) is 0. The maximum Gasteiger partial charge on any atom is 0.417 e. The van der Waals surface area contributed by atoms with E-state index in [1.807, 2.05) is 0 Å². The number of hydrogen-bond donors (Lipinski definition) is 1. The molecule has 1 nitrogen and oxygen atoms in total. The van der Waals surface area contributed by atoms with E-state index in [1.165, 1.54) is 12.1 Å². The molecule has 1 rings (SSSR count). The molecule has 6 heteroatoms. The van der Waals surface area contributed by atoms with Gasteiger partial charge in [-0.2, -0.15) is 13.2 Å². The largest absolute Gasteiger partial charge is 0.417 e. The Morgan fingerprint density at radius 1 is 1.36 bits per heavy atom. The van der Waals surface area contributed by atoms with Crippen LogP contribution in [0.15, 0.2) is 16.6 Å². The van der Waals surface area contributed by atoms with Gasteiger partial charge in [0.15, 0.2) is 0 Å². The highest BCUT2D eigenvalue weighted by Gasteiger charge is 2.36. The monoisotopic (exact) mass is 380 g/mol. The minimum absolute atomic E-state index is 0.0165. The average molecular weight is 381 g/mol. The first-order valence-corrected chi connectivity index (χ1v) is 5.40. The molecular weight excluding hydrogens is 376 g/mol. The van der Waals surface area contributed by atoms with E-state index in [0.29, 0.717) is 3.57 Å². The summed E-state index contributed by atoms with van der Waals surface area (Å²) in [5, 5.41) is 8.77. The van der Waals surface area contributed by atoms with E-state index in [-0.39, 0.29) is 10.0 Å². The topological polar surface area (TPSA) is 20.2 Å². The van der Waals surface area contributed by atoms with Crippen molar-refractivity contribution in [2.45, 2.75) is 12.8 Å². The van der Waals surface area contributed by atoms with Crippen molar-refractivity contribution < 1.29 is 18.3 Å². The highest BCUT2D eigenvalue weighted by molar-refractivity contribution is 14.1. The van der Waals surface area contributed by atoms with Crippen LogP contribution in [-0.2, 0) is 12.8 Å². The lowest BCUT2D eigenvalue weighted by Crippen LogP contribution is -2.11. The second-order valence-electron chi connectivity index (χ2n) is 2.55. The van der Waals surface area contributed by atoms with Crippen molar-refractivity contribution in [1.82, 2.24) is 0 Å². The van der Waals surface area contributed by atoms with Crippen LogP contribution in [-0.4, -0.2) is 5.11 Å². The van der Waals surface area contributed by atoms with Gasteiger partial charge < -0.3 is 5.11 Å². The van der Waals surface area contributed by atoms with Gasteiger partial charge in [0.25, 0.3) is 0 Å². The van der Waals surface area contributed by atoms with Crippen LogP contribution in [0.5, 0.6) is 0 Å². The van der Waals surface area contributed by atoms with Crippen molar-refractivity contribution in [3.8, 4) is 0 Å². The van der Waals surface area contributed by atoms with Gasteiger partial charge in [0, 0.05) is 8.04 Å². The van der Waals surface area contributed by atoms with Gasteiger partial charge in [-0.15, -0.1) is 0 Å². The molecule has 1 aromatic carbocycles. The van der Waals surface area contributed by atoms with Gasteiger partial charge in [0.1, 0.15) is 0 Å². The minimum atomic E-state index is -4.45. The minimum Gasteiger partial charge on any atom is -0.392 e. The van der Waals surface area contributed by atoms with Crippen LogP contribution in [0.3, 0.4) is 0 Å². The first kappa shape index (κ1) is 12.3. The smallest absolute Gasteiger partial charge is 0.392 e. The zero-order valence-electron chi connectivity index (χ0n) is 6.70. The molecule has 0 aliphatic rings. The van der Waals surface area contributed by atoms with Crippen molar-refractivity contribution >= 4 is 38.5 Å². The lowest BCUT2D eigenvalue weighted by molar-refractivity contribution is -0.139. The summed E-state index contributed by atoms with van der Waals surface area (Å²) in [6, 6.07) is 2.79. The molecule has 78 valence electrons. The van der Waals surface area contributed by atoms with E-state index < -0.39 is 18.3 Å². The Bertz CT molecular complexity index is 351. The van der Waals surface area contributed by atoms with Gasteiger partial charge in [-0.25, -0.2) is 0 Å². The molecular formula is C8H5BrF3IO. The normalized spacial score (nSPS) is 11.9. The van der Waals surface area contributed by atoms with Crippen LogP contribution < -0.4 is 0 Å². The summed E-state index contributed by atoms with van der Waals surface area (Å²) in [4.78, 5) is 0. The Morgan fingerprint density at radius 2 is 1.93 bits per heavy atom. The van der Waals surface area contributed by atoms with Gasteiger partial charge in [0.05, 0.1) is 12.2 Å². The number of benzene rings is 1. The molecule has 0 aromatic heterocycles. The Morgan fingerprint density at radius 3 is 2.36 bits per heavy atom. The predicted molar refractivity (Wildman–Crippen MR) is 57.8 cm³/mol. The Kier molecular flexibility index (Phi) is 3.81. The van der Waals surface area contributed by atoms with Crippen LogP contribution in [0, 0.1) is 3.57 Å². The Labute approximate surface area is 101 Å². The molecule has 0 unspecified atom stereocenters. The molecule has 0 bridgehead atoms. The third kappa shape index (κ3) is 2.40. The fraction of sp³-hybridized carbons (Fsp3) is 0.250. The first-order chi connectivity index (χ1) is 6.38. The van der Waals surface area contributed by atoms with Crippen molar-refractivity contribution in [3.63, 3.8) is 0 Å². The standard InChI is InChI=1S/C8H5BrF3IO/c9-7-5(13)2-1-4(3-14)6(7)8(10,11)12/h1-2,14H,3H2. The van der Waals surface area contributed by atoms with Gasteiger partial charge in [-0.05, 0) is 50.2 Å². The van der Waals surface area contributed by atoms with E-state index in [2.05, 4.69) is 15.9 Å². The summed E-state index contributed by atoms with van der Waals surface area (Å²) < 4.78 is 38.0. The van der Waals surface area contributed by atoms with E-state index in [0.717, 1.165) is 0 Å². The number of alkyl halides is 3. The van der Waals surface area contributed by atoms with Crippen molar-refractivity contribution in [3.05, 3.63) is 31.3 Å². The molecule has 0 atom stereocenters. The molecule has 0 fully saturated rings. The Balaban J connectivity index is 3.44. The van der Waals surface area contributed by atoms with Crippen LogP contribution in [0.2, 0.25) is 0 Å². The van der Waals surface area contributed by atoms with Crippen LogP contribution in [0.4, 0.5) is 13.2 Å². The molecule has 1 N–H and O–H groups in total. The molecule has 0 aliphatic carbocycles. The number of halogens is 5. The number of hydrogen-bond acceptors (Lipinski definition) is 1. The zero-order valence-corrected chi connectivity index (χ0v) is 10.4. The highest BCUT2D eigenvalue weighted by atomic mass is 127. The van der Waals surface area contributed by atoms with Gasteiger partial charge in [-0.1, -0.05) is 6.07 Å². The molecule has 0 saturated carbocycles. The second kappa shape index (κ2) is 4.36. The molecule has 0 heterocycles. The van der Waals surface area contributed by atoms with E-state index >= 15 is 0 Å². The van der Waals surface area contributed by atoms with Crippen molar-refractivity contribution in [2.75, 3.05) is 0 Å². The zero-order chi connectivity index (χ0) is 10.9. The Hall–Kier alpha value is 0.180. The van der Waals surface area contributed by atoms with Crippen molar-refractivity contribution in [2.24, 2.45) is 0 Å². The molecule has 1 aromatic rings. The summed E-state index contributed by atoms with van der Waals surface area (Å²) in [6.07, 6.45) is -4.45.